The molecule has 2 atom stereocenters. The Kier molecular flexibility index (Phi) is 5.64. The number of amides is 1. The summed E-state index contributed by atoms with van der Waals surface area (Å²) in [5.41, 5.74) is 0.923. The molecule has 0 fully saturated rings. The average Bonchev–Trinajstić information content (AvgIpc) is 3.17. The van der Waals surface area contributed by atoms with Gasteiger partial charge in [0.1, 0.15) is 0 Å². The van der Waals surface area contributed by atoms with Gasteiger partial charge in [0.2, 0.25) is 5.91 Å². The molecule has 1 aliphatic rings. The first-order chi connectivity index (χ1) is 14.3. The van der Waals surface area contributed by atoms with E-state index >= 15 is 0 Å². The molecule has 30 heavy (non-hydrogen) atoms. The van der Waals surface area contributed by atoms with Gasteiger partial charge in [0.05, 0.1) is 26.7 Å². The molecule has 0 aliphatic heterocycles. The second-order valence-corrected chi connectivity index (χ2v) is 8.63. The topological polar surface area (TPSA) is 33.2 Å². The second-order valence-electron chi connectivity index (χ2n) is 7.56. The van der Waals surface area contributed by atoms with Gasteiger partial charge in [-0.1, -0.05) is 36.4 Å². The molecule has 0 bridgehead atoms. The molecule has 0 N–H and O–H groups in total. The Hall–Kier alpha value is -2.67. The van der Waals surface area contributed by atoms with Crippen LogP contribution in [0, 0.1) is 5.92 Å². The molecule has 0 saturated carbocycles. The normalized spacial score (nSPS) is 19.2. The first-order valence-electron chi connectivity index (χ1n) is 9.74. The van der Waals surface area contributed by atoms with E-state index in [0.717, 1.165) is 33.8 Å². The summed E-state index contributed by atoms with van der Waals surface area (Å²) >= 11 is 1.62. The number of nitrogens with zero attached hydrogens (tertiary/aromatic N) is 2. The van der Waals surface area contributed by atoms with Crippen molar-refractivity contribution in [1.82, 2.24) is 9.88 Å². The second kappa shape index (κ2) is 8.22. The standard InChI is InChI=1S/C23H21F3N2OS/c1-28(14-15-10-12-16(13-11-15)23(24,25)26)22(29)18-7-3-2-6-17(18)21-27-19-8-4-5-9-20(19)30-21/h2-5,8-13,17-18H,6-7,14H2,1H3/t17-,18-/m1/s1. The molecule has 0 radical (unpaired) electrons. The smallest absolute Gasteiger partial charge is 0.341 e. The van der Waals surface area contributed by atoms with Gasteiger partial charge in [0, 0.05) is 19.5 Å². The highest BCUT2D eigenvalue weighted by Crippen LogP contribution is 2.39. The van der Waals surface area contributed by atoms with Gasteiger partial charge in [0.15, 0.2) is 0 Å². The van der Waals surface area contributed by atoms with Gasteiger partial charge in [0.25, 0.3) is 0 Å². The maximum Gasteiger partial charge on any atom is 0.416 e. The van der Waals surface area contributed by atoms with Crippen molar-refractivity contribution in [3.8, 4) is 0 Å². The van der Waals surface area contributed by atoms with Crippen LogP contribution in [0.15, 0.2) is 60.7 Å². The molecule has 2 aromatic carbocycles. The van der Waals surface area contributed by atoms with E-state index in [4.69, 9.17) is 4.98 Å². The minimum absolute atomic E-state index is 0.00922. The number of para-hydroxylation sites is 1. The van der Waals surface area contributed by atoms with Crippen LogP contribution in [0.4, 0.5) is 13.2 Å². The lowest BCUT2D eigenvalue weighted by Gasteiger charge is -2.30. The van der Waals surface area contributed by atoms with E-state index < -0.39 is 11.7 Å². The predicted molar refractivity (Wildman–Crippen MR) is 112 cm³/mol. The minimum Gasteiger partial charge on any atom is -0.341 e. The van der Waals surface area contributed by atoms with Crippen LogP contribution < -0.4 is 0 Å². The minimum atomic E-state index is -4.36. The van der Waals surface area contributed by atoms with Crippen molar-refractivity contribution in [3.05, 3.63) is 76.8 Å². The summed E-state index contributed by atoms with van der Waals surface area (Å²) in [7, 11) is 1.70. The van der Waals surface area contributed by atoms with Crippen LogP contribution in [-0.4, -0.2) is 22.8 Å². The molecule has 3 aromatic rings. The molecule has 0 saturated heterocycles. The Balaban J connectivity index is 1.51. The summed E-state index contributed by atoms with van der Waals surface area (Å²) in [6.07, 6.45) is 1.15. The van der Waals surface area contributed by atoms with Crippen LogP contribution in [0.2, 0.25) is 0 Å². The summed E-state index contributed by atoms with van der Waals surface area (Å²) < 4.78 is 39.4. The molecular weight excluding hydrogens is 409 g/mol. The molecule has 1 amide bonds. The largest absolute Gasteiger partial charge is 0.416 e. The number of thiazole rings is 1. The van der Waals surface area contributed by atoms with Gasteiger partial charge < -0.3 is 4.90 Å². The zero-order valence-electron chi connectivity index (χ0n) is 16.4. The molecule has 156 valence electrons. The summed E-state index contributed by atoms with van der Waals surface area (Å²) in [5.74, 6) is -0.228. The molecule has 4 rings (SSSR count). The monoisotopic (exact) mass is 430 g/mol. The fraction of sp³-hybridized carbons (Fsp3) is 0.304. The van der Waals surface area contributed by atoms with Crippen LogP contribution in [0.1, 0.15) is 34.9 Å². The molecular formula is C23H21F3N2OS. The van der Waals surface area contributed by atoms with Crippen molar-refractivity contribution >= 4 is 27.5 Å². The van der Waals surface area contributed by atoms with Gasteiger partial charge in [-0.05, 0) is 42.7 Å². The molecule has 7 heteroatoms. The highest BCUT2D eigenvalue weighted by atomic mass is 32.1. The molecule has 1 aliphatic carbocycles. The Morgan fingerprint density at radius 3 is 2.50 bits per heavy atom. The van der Waals surface area contributed by atoms with Gasteiger partial charge in [-0.15, -0.1) is 11.3 Å². The Bertz CT molecular complexity index is 1040. The van der Waals surface area contributed by atoms with E-state index in [1.165, 1.54) is 12.1 Å². The lowest BCUT2D eigenvalue weighted by Crippen LogP contribution is -2.36. The summed E-state index contributed by atoms with van der Waals surface area (Å²) in [5, 5.41) is 0.960. The predicted octanol–water partition coefficient (Wildman–Crippen LogP) is 6.02. The number of aromatic nitrogens is 1. The molecule has 0 spiro atoms. The van der Waals surface area contributed by atoms with Crippen LogP contribution >= 0.6 is 11.3 Å². The maximum atomic E-state index is 13.2. The quantitative estimate of drug-likeness (QED) is 0.474. The molecule has 1 heterocycles. The van der Waals surface area contributed by atoms with Crippen molar-refractivity contribution in [3.63, 3.8) is 0 Å². The third-order valence-corrected chi connectivity index (χ3v) is 6.62. The number of benzene rings is 2. The van der Waals surface area contributed by atoms with E-state index in [-0.39, 0.29) is 24.3 Å². The fourth-order valence-corrected chi connectivity index (χ4v) is 4.99. The van der Waals surface area contributed by atoms with Crippen molar-refractivity contribution in [2.75, 3.05) is 7.05 Å². The summed E-state index contributed by atoms with van der Waals surface area (Å²) in [6, 6.07) is 12.9. The van der Waals surface area contributed by atoms with E-state index in [2.05, 4.69) is 6.08 Å². The first kappa shape index (κ1) is 20.6. The third-order valence-electron chi connectivity index (χ3n) is 5.45. The number of halogens is 3. The van der Waals surface area contributed by atoms with Gasteiger partial charge in [-0.25, -0.2) is 4.98 Å². The highest BCUT2D eigenvalue weighted by Gasteiger charge is 2.34. The number of hydrogen-bond donors (Lipinski definition) is 0. The highest BCUT2D eigenvalue weighted by molar-refractivity contribution is 7.18. The van der Waals surface area contributed by atoms with Crippen molar-refractivity contribution in [2.24, 2.45) is 5.92 Å². The van der Waals surface area contributed by atoms with Crippen molar-refractivity contribution < 1.29 is 18.0 Å². The van der Waals surface area contributed by atoms with Gasteiger partial charge in [-0.2, -0.15) is 13.2 Å². The fourth-order valence-electron chi connectivity index (χ4n) is 3.84. The molecule has 3 nitrogen and oxygen atoms in total. The average molecular weight is 430 g/mol. The van der Waals surface area contributed by atoms with E-state index in [1.54, 1.807) is 23.3 Å². The lowest BCUT2D eigenvalue weighted by atomic mass is 9.82. The number of allylic oxidation sites excluding steroid dienone is 2. The van der Waals surface area contributed by atoms with Gasteiger partial charge in [-0.3, -0.25) is 4.79 Å². The van der Waals surface area contributed by atoms with Crippen molar-refractivity contribution in [2.45, 2.75) is 31.5 Å². The van der Waals surface area contributed by atoms with Crippen LogP contribution in [-0.2, 0) is 17.5 Å². The first-order valence-corrected chi connectivity index (χ1v) is 10.6. The summed E-state index contributed by atoms with van der Waals surface area (Å²) in [6.45, 7) is 0.268. The Morgan fingerprint density at radius 1 is 1.10 bits per heavy atom. The SMILES string of the molecule is CN(Cc1ccc(C(F)(F)F)cc1)C(=O)[C@@H]1CC=CC[C@H]1c1nc2ccccc2s1. The number of rotatable bonds is 4. The number of hydrogen-bond acceptors (Lipinski definition) is 3. The Labute approximate surface area is 176 Å². The van der Waals surface area contributed by atoms with E-state index in [9.17, 15) is 18.0 Å². The van der Waals surface area contributed by atoms with Crippen molar-refractivity contribution in [1.29, 1.82) is 0 Å². The van der Waals surface area contributed by atoms with Gasteiger partial charge >= 0.3 is 6.18 Å². The maximum absolute atomic E-state index is 13.2. The van der Waals surface area contributed by atoms with Crippen LogP contribution in [0.5, 0.6) is 0 Å². The molecule has 0 unspecified atom stereocenters. The number of carbonyl (C=O) groups excluding carboxylic acids is 1. The zero-order valence-corrected chi connectivity index (χ0v) is 17.2. The third kappa shape index (κ3) is 4.26. The van der Waals surface area contributed by atoms with E-state index in [1.807, 2.05) is 30.3 Å². The van der Waals surface area contributed by atoms with E-state index in [0.29, 0.717) is 12.0 Å². The molecule has 1 aromatic heterocycles. The zero-order chi connectivity index (χ0) is 21.3. The number of fused-ring (bicyclic) bond motifs is 1. The van der Waals surface area contributed by atoms with Crippen LogP contribution in [0.25, 0.3) is 10.2 Å². The number of carbonyl (C=O) groups is 1. The Morgan fingerprint density at radius 2 is 1.80 bits per heavy atom. The summed E-state index contributed by atoms with van der Waals surface area (Å²) in [4.78, 5) is 19.6. The lowest BCUT2D eigenvalue weighted by molar-refractivity contribution is -0.138. The number of alkyl halides is 3. The van der Waals surface area contributed by atoms with Crippen LogP contribution in [0.3, 0.4) is 0 Å².